The summed E-state index contributed by atoms with van der Waals surface area (Å²) in [5.74, 6) is 0.239. The molecule has 0 fully saturated rings. The van der Waals surface area contributed by atoms with Crippen molar-refractivity contribution in [1.29, 1.82) is 0 Å². The molecule has 0 radical (unpaired) electrons. The highest BCUT2D eigenvalue weighted by atomic mass is 16.1. The summed E-state index contributed by atoms with van der Waals surface area (Å²) in [5.41, 5.74) is 1.19. The van der Waals surface area contributed by atoms with Gasteiger partial charge in [0.1, 0.15) is 22.9 Å². The fourth-order valence-electron chi connectivity index (χ4n) is 2.35. The van der Waals surface area contributed by atoms with Crippen LogP contribution in [0.1, 0.15) is 45.0 Å². The highest BCUT2D eigenvalue weighted by Gasteiger charge is 2.35. The van der Waals surface area contributed by atoms with E-state index in [1.807, 2.05) is 6.92 Å². The van der Waals surface area contributed by atoms with Crippen LogP contribution in [-0.4, -0.2) is 26.1 Å². The number of fused-ring (bicyclic) bond motifs is 2. The first-order valence-electron chi connectivity index (χ1n) is 5.76. The molecular formula is C13H11N3O2. The minimum absolute atomic E-state index is 0.219. The molecule has 5 nitrogen and oxygen atoms in total. The van der Waals surface area contributed by atoms with E-state index in [0.29, 0.717) is 23.6 Å². The van der Waals surface area contributed by atoms with Gasteiger partial charge in [0.25, 0.3) is 0 Å². The molecule has 0 saturated carbocycles. The van der Waals surface area contributed by atoms with E-state index in [9.17, 15) is 9.59 Å². The number of aromatic nitrogens is 3. The first-order valence-corrected chi connectivity index (χ1v) is 5.76. The smallest absolute Gasteiger partial charge is 0.230 e. The van der Waals surface area contributed by atoms with Crippen LogP contribution in [0.4, 0.5) is 0 Å². The highest BCUT2D eigenvalue weighted by Crippen LogP contribution is 2.26. The van der Waals surface area contributed by atoms with Crippen molar-refractivity contribution in [3.8, 4) is 0 Å². The molecule has 5 heteroatoms. The van der Waals surface area contributed by atoms with Crippen LogP contribution in [0.3, 0.4) is 0 Å². The van der Waals surface area contributed by atoms with Crippen LogP contribution >= 0.6 is 0 Å². The number of carbonyl (C=O) groups excluding carboxylic acids is 2. The second-order valence-corrected chi connectivity index (χ2v) is 4.16. The van der Waals surface area contributed by atoms with Crippen molar-refractivity contribution in [2.24, 2.45) is 0 Å². The second kappa shape index (κ2) is 3.60. The molecule has 18 heavy (non-hydrogen) atoms. The maximum Gasteiger partial charge on any atom is 0.230 e. The molecule has 90 valence electrons. The SMILES string of the molecule is CCn1c(C)nc2c1C(=O)c1ncccc1C2=O. The number of ketones is 2. The van der Waals surface area contributed by atoms with E-state index in [0.717, 1.165) is 0 Å². The predicted molar refractivity (Wildman–Crippen MR) is 63.7 cm³/mol. The monoisotopic (exact) mass is 241 g/mol. The quantitative estimate of drug-likeness (QED) is 0.645. The second-order valence-electron chi connectivity index (χ2n) is 4.16. The van der Waals surface area contributed by atoms with Gasteiger partial charge in [0.15, 0.2) is 0 Å². The number of carbonyl (C=O) groups is 2. The van der Waals surface area contributed by atoms with E-state index in [1.54, 1.807) is 23.6 Å². The Labute approximate surface area is 103 Å². The lowest BCUT2D eigenvalue weighted by Crippen LogP contribution is -2.24. The van der Waals surface area contributed by atoms with Crippen molar-refractivity contribution in [2.45, 2.75) is 20.4 Å². The molecule has 0 N–H and O–H groups in total. The summed E-state index contributed by atoms with van der Waals surface area (Å²) >= 11 is 0. The summed E-state index contributed by atoms with van der Waals surface area (Å²) in [6.07, 6.45) is 1.52. The third-order valence-corrected chi connectivity index (χ3v) is 3.17. The van der Waals surface area contributed by atoms with Gasteiger partial charge in [-0.1, -0.05) is 0 Å². The molecule has 0 aliphatic heterocycles. The van der Waals surface area contributed by atoms with Gasteiger partial charge in [-0.15, -0.1) is 0 Å². The van der Waals surface area contributed by atoms with Crippen molar-refractivity contribution in [3.05, 3.63) is 46.8 Å². The highest BCUT2D eigenvalue weighted by molar-refractivity contribution is 6.26. The van der Waals surface area contributed by atoms with Gasteiger partial charge in [-0.05, 0) is 26.0 Å². The Morgan fingerprint density at radius 2 is 2.00 bits per heavy atom. The molecular weight excluding hydrogens is 230 g/mol. The zero-order chi connectivity index (χ0) is 12.9. The minimum Gasteiger partial charge on any atom is -0.325 e. The fourth-order valence-corrected chi connectivity index (χ4v) is 2.35. The molecule has 0 saturated heterocycles. The molecule has 3 rings (SSSR count). The Morgan fingerprint density at radius 1 is 1.22 bits per heavy atom. The zero-order valence-electron chi connectivity index (χ0n) is 10.1. The van der Waals surface area contributed by atoms with E-state index >= 15 is 0 Å². The molecule has 0 aromatic carbocycles. The van der Waals surface area contributed by atoms with E-state index in [1.165, 1.54) is 6.20 Å². The van der Waals surface area contributed by atoms with Gasteiger partial charge in [0.2, 0.25) is 11.6 Å². The number of hydrogen-bond acceptors (Lipinski definition) is 4. The summed E-state index contributed by atoms with van der Waals surface area (Å²) in [4.78, 5) is 32.9. The van der Waals surface area contributed by atoms with E-state index in [2.05, 4.69) is 9.97 Å². The van der Waals surface area contributed by atoms with Crippen LogP contribution in [0.5, 0.6) is 0 Å². The first-order chi connectivity index (χ1) is 8.65. The van der Waals surface area contributed by atoms with Gasteiger partial charge >= 0.3 is 0 Å². The Morgan fingerprint density at radius 3 is 2.72 bits per heavy atom. The molecule has 0 spiro atoms. The van der Waals surface area contributed by atoms with Gasteiger partial charge in [-0.2, -0.15) is 0 Å². The van der Waals surface area contributed by atoms with Crippen molar-refractivity contribution in [1.82, 2.24) is 14.5 Å². The molecule has 0 unspecified atom stereocenters. The van der Waals surface area contributed by atoms with Crippen molar-refractivity contribution >= 4 is 11.6 Å². The normalized spacial score (nSPS) is 13.4. The zero-order valence-corrected chi connectivity index (χ0v) is 10.1. The largest absolute Gasteiger partial charge is 0.325 e. The number of rotatable bonds is 1. The molecule has 1 aliphatic carbocycles. The Balaban J connectivity index is 2.34. The Kier molecular flexibility index (Phi) is 2.16. The summed E-state index contributed by atoms with van der Waals surface area (Å²) in [6.45, 7) is 4.32. The lowest BCUT2D eigenvalue weighted by molar-refractivity contribution is 0.0967. The van der Waals surface area contributed by atoms with Gasteiger partial charge in [-0.25, -0.2) is 4.98 Å². The Hall–Kier alpha value is -2.30. The Bertz CT molecular complexity index is 686. The average Bonchev–Trinajstić information content (AvgIpc) is 2.73. The standard InChI is InChI=1S/C13H11N3O2/c1-3-16-7(2)15-10-11(16)13(18)9-8(12(10)17)5-4-6-14-9/h4-6H,3H2,1-2H3. The first kappa shape index (κ1) is 10.8. The van der Waals surface area contributed by atoms with Crippen LogP contribution in [0.15, 0.2) is 18.3 Å². The van der Waals surface area contributed by atoms with Gasteiger partial charge in [-0.3, -0.25) is 14.6 Å². The van der Waals surface area contributed by atoms with Gasteiger partial charge in [0, 0.05) is 12.7 Å². The average molecular weight is 241 g/mol. The summed E-state index contributed by atoms with van der Waals surface area (Å²) in [5, 5.41) is 0. The predicted octanol–water partition coefficient (Wildman–Crippen LogP) is 1.38. The molecule has 2 heterocycles. The van der Waals surface area contributed by atoms with Crippen molar-refractivity contribution in [3.63, 3.8) is 0 Å². The van der Waals surface area contributed by atoms with E-state index in [-0.39, 0.29) is 23.0 Å². The molecule has 2 aromatic rings. The summed E-state index contributed by atoms with van der Waals surface area (Å²) in [6, 6.07) is 3.27. The number of pyridine rings is 1. The van der Waals surface area contributed by atoms with E-state index in [4.69, 9.17) is 0 Å². The number of aryl methyl sites for hydroxylation is 1. The van der Waals surface area contributed by atoms with Crippen molar-refractivity contribution < 1.29 is 9.59 Å². The topological polar surface area (TPSA) is 64.8 Å². The van der Waals surface area contributed by atoms with Crippen LogP contribution in [0.2, 0.25) is 0 Å². The fraction of sp³-hybridized carbons (Fsp3) is 0.231. The van der Waals surface area contributed by atoms with Crippen LogP contribution in [0, 0.1) is 6.92 Å². The minimum atomic E-state index is -0.220. The summed E-state index contributed by atoms with van der Waals surface area (Å²) < 4.78 is 1.76. The molecule has 1 aliphatic rings. The maximum atomic E-state index is 12.4. The van der Waals surface area contributed by atoms with Gasteiger partial charge < -0.3 is 4.57 Å². The van der Waals surface area contributed by atoms with Gasteiger partial charge in [0.05, 0.1) is 5.56 Å². The third-order valence-electron chi connectivity index (χ3n) is 3.17. The number of imidazole rings is 1. The van der Waals surface area contributed by atoms with Crippen LogP contribution in [0.25, 0.3) is 0 Å². The van der Waals surface area contributed by atoms with Crippen LogP contribution < -0.4 is 0 Å². The molecule has 2 aromatic heterocycles. The maximum absolute atomic E-state index is 12.4. The third kappa shape index (κ3) is 1.21. The lowest BCUT2D eigenvalue weighted by Gasteiger charge is -2.14. The van der Waals surface area contributed by atoms with Crippen molar-refractivity contribution in [2.75, 3.05) is 0 Å². The lowest BCUT2D eigenvalue weighted by atomic mass is 9.94. The molecule has 0 atom stereocenters. The van der Waals surface area contributed by atoms with E-state index < -0.39 is 0 Å². The number of hydrogen-bond donors (Lipinski definition) is 0. The van der Waals surface area contributed by atoms with Crippen LogP contribution in [-0.2, 0) is 6.54 Å². The number of nitrogens with zero attached hydrogens (tertiary/aromatic N) is 3. The molecule has 0 bridgehead atoms. The molecule has 0 amide bonds. The summed E-state index contributed by atoms with van der Waals surface area (Å²) in [7, 11) is 0.